The molecule has 14 heteroatoms. The number of β-lactam (4-membered cyclic amide) rings is 1. The molecule has 4 aromatic rings. The van der Waals surface area contributed by atoms with E-state index in [9.17, 15) is 23.8 Å². The van der Waals surface area contributed by atoms with Gasteiger partial charge in [-0.05, 0) is 81.8 Å². The fourth-order valence-electron chi connectivity index (χ4n) is 9.17. The normalized spacial score (nSPS) is 22.3. The molecule has 4 aliphatic rings. The van der Waals surface area contributed by atoms with Crippen LogP contribution in [0.1, 0.15) is 114 Å². The molecule has 8 rings (SSSR count). The Morgan fingerprint density at radius 3 is 2.06 bits per heavy atom. The smallest absolute Gasteiger partial charge is 0.331 e. The molecule has 340 valence electrons. The number of hydrogen-bond acceptors (Lipinski definition) is 10. The van der Waals surface area contributed by atoms with E-state index >= 15 is 0 Å². The predicted molar refractivity (Wildman–Crippen MR) is 251 cm³/mol. The standard InChI is InChI=1S/C32H32N4O5S.C18H28O3S/c1-31(2)26(30(39)41-25(21-16-10-6-11-17-21)22-18-12-7-13-19-22)34-27(37)24(29(34)42-31)35-28(38)23(20-14-8-5-9-15-20)36(33-40)32(35,3)4;1-3-4-5-6-7-8-11-22(19)15(2)12-16-9-10-17-18(13-16)21-14-20-17/h5-19,23-26,29H,1-4H3;9-10,13,15H,3-8,11-12,14H2,1-2H3/t23?,24?,26-,29+;/m0./s1. The third-order valence-electron chi connectivity index (χ3n) is 12.5. The maximum Gasteiger partial charge on any atom is 0.331 e. The van der Waals surface area contributed by atoms with Crippen LogP contribution in [0.3, 0.4) is 0 Å². The first-order chi connectivity index (χ1) is 30.8. The number of benzene rings is 4. The molecular formula is C50H60N4O8S2. The SMILES string of the molecule is CC1(C)S[C@@H]2C(N3C(=O)C(c4ccccc4)N(N=O)C3(C)C)C(=O)N2[C@H]1C(=O)OC(c1ccccc1)c1ccccc1.CCCCCCCC[S+]([O-])C(C)Cc1ccc2c(c1)OCO2. The monoisotopic (exact) mass is 908 g/mol. The molecule has 12 nitrogen and oxygen atoms in total. The summed E-state index contributed by atoms with van der Waals surface area (Å²) in [4.78, 5) is 56.8. The van der Waals surface area contributed by atoms with Crippen LogP contribution in [0.5, 0.6) is 11.5 Å². The highest BCUT2D eigenvalue weighted by atomic mass is 32.2. The number of amides is 2. The van der Waals surface area contributed by atoms with Crippen LogP contribution in [0.15, 0.2) is 114 Å². The second-order valence-electron chi connectivity index (χ2n) is 17.8. The van der Waals surface area contributed by atoms with Crippen LogP contribution in [0.4, 0.5) is 0 Å². The van der Waals surface area contributed by atoms with Crippen LogP contribution in [-0.2, 0) is 36.7 Å². The van der Waals surface area contributed by atoms with E-state index in [4.69, 9.17) is 14.2 Å². The Labute approximate surface area is 384 Å². The minimum atomic E-state index is -1.17. The largest absolute Gasteiger partial charge is 0.616 e. The van der Waals surface area contributed by atoms with Gasteiger partial charge in [0.05, 0.1) is 5.29 Å². The number of nitrogens with zero attached hydrogens (tertiary/aromatic N) is 4. The molecule has 64 heavy (non-hydrogen) atoms. The third kappa shape index (κ3) is 9.79. The summed E-state index contributed by atoms with van der Waals surface area (Å²) in [7, 11) is 0. The lowest BCUT2D eigenvalue weighted by atomic mass is 9.93. The van der Waals surface area contributed by atoms with Gasteiger partial charge < -0.3 is 28.6 Å². The highest BCUT2D eigenvalue weighted by molar-refractivity contribution is 8.01. The van der Waals surface area contributed by atoms with Gasteiger partial charge in [0.15, 0.2) is 23.6 Å². The van der Waals surface area contributed by atoms with E-state index in [-0.39, 0.29) is 17.1 Å². The third-order valence-corrected chi connectivity index (χ3v) is 15.8. The molecule has 0 aromatic heterocycles. The van der Waals surface area contributed by atoms with Gasteiger partial charge in [-0.2, -0.15) is 0 Å². The number of thioether (sulfide) groups is 1. The van der Waals surface area contributed by atoms with E-state index in [1.807, 2.05) is 98.8 Å². The van der Waals surface area contributed by atoms with Crippen molar-refractivity contribution in [3.05, 3.63) is 136 Å². The molecule has 0 bridgehead atoms. The van der Waals surface area contributed by atoms with Gasteiger partial charge in [0.25, 0.3) is 5.91 Å². The van der Waals surface area contributed by atoms with Gasteiger partial charge in [0, 0.05) is 11.2 Å². The van der Waals surface area contributed by atoms with Crippen molar-refractivity contribution < 1.29 is 33.1 Å². The Bertz CT molecular complexity index is 2190. The van der Waals surface area contributed by atoms with E-state index in [0.717, 1.165) is 41.2 Å². The topological polar surface area (TPSA) is 141 Å². The second-order valence-corrected chi connectivity index (χ2v) is 21.6. The zero-order valence-corrected chi connectivity index (χ0v) is 39.2. The van der Waals surface area contributed by atoms with Crippen molar-refractivity contribution in [2.75, 3.05) is 12.5 Å². The first-order valence-corrected chi connectivity index (χ1v) is 24.6. The van der Waals surface area contributed by atoms with Crippen LogP contribution in [0.2, 0.25) is 0 Å². The number of esters is 1. The van der Waals surface area contributed by atoms with E-state index in [1.54, 1.807) is 43.0 Å². The van der Waals surface area contributed by atoms with E-state index in [0.29, 0.717) is 12.4 Å². The zero-order valence-electron chi connectivity index (χ0n) is 37.6. The molecule has 2 amide bonds. The summed E-state index contributed by atoms with van der Waals surface area (Å²) in [5, 5.41) is 4.16. The summed E-state index contributed by atoms with van der Waals surface area (Å²) in [6, 6.07) is 31.3. The highest BCUT2D eigenvalue weighted by Gasteiger charge is 2.70. The molecule has 0 radical (unpaired) electrons. The average molecular weight is 909 g/mol. The van der Waals surface area contributed by atoms with Gasteiger partial charge >= 0.3 is 5.97 Å². The maximum absolute atomic E-state index is 13.9. The molecule has 0 spiro atoms. The number of unbranched alkanes of at least 4 members (excludes halogenated alkanes) is 5. The summed E-state index contributed by atoms with van der Waals surface area (Å²) in [5.41, 5.74) is 2.27. The van der Waals surface area contributed by atoms with E-state index < -0.39 is 57.2 Å². The van der Waals surface area contributed by atoms with Crippen molar-refractivity contribution in [2.45, 2.75) is 132 Å². The van der Waals surface area contributed by atoms with Crippen LogP contribution in [0, 0.1) is 4.91 Å². The number of rotatable bonds is 17. The van der Waals surface area contributed by atoms with Crippen molar-refractivity contribution in [3.63, 3.8) is 0 Å². The first kappa shape index (κ1) is 46.9. The summed E-state index contributed by atoms with van der Waals surface area (Å²) in [5.74, 6) is 1.22. The first-order valence-electron chi connectivity index (χ1n) is 22.3. The quantitative estimate of drug-likeness (QED) is 0.0331. The lowest BCUT2D eigenvalue weighted by Gasteiger charge is -2.50. The molecule has 4 aromatic carbocycles. The van der Waals surface area contributed by atoms with Crippen molar-refractivity contribution in [1.82, 2.24) is 14.8 Å². The number of fused-ring (bicyclic) bond motifs is 2. The second kappa shape index (κ2) is 20.4. The van der Waals surface area contributed by atoms with E-state index in [1.165, 1.54) is 59.3 Å². The van der Waals surface area contributed by atoms with Gasteiger partial charge in [-0.3, -0.25) is 9.59 Å². The molecule has 6 atom stereocenters. The number of nitroso groups, excluding NO2 is 1. The van der Waals surface area contributed by atoms with Gasteiger partial charge in [-0.1, -0.05) is 141 Å². The Kier molecular flexibility index (Phi) is 15.0. The maximum atomic E-state index is 13.9. The summed E-state index contributed by atoms with van der Waals surface area (Å²) in [6.07, 6.45) is 7.67. The van der Waals surface area contributed by atoms with E-state index in [2.05, 4.69) is 19.1 Å². The minimum absolute atomic E-state index is 0.191. The van der Waals surface area contributed by atoms with Crippen molar-refractivity contribution in [2.24, 2.45) is 5.29 Å². The molecule has 4 unspecified atom stereocenters. The molecule has 4 aliphatic heterocycles. The van der Waals surface area contributed by atoms with Gasteiger partial charge in [-0.25, -0.2) is 9.80 Å². The molecular weight excluding hydrogens is 849 g/mol. The summed E-state index contributed by atoms with van der Waals surface area (Å²) in [6.45, 7) is 11.9. The van der Waals surface area contributed by atoms with Crippen LogP contribution >= 0.6 is 11.8 Å². The van der Waals surface area contributed by atoms with Crippen molar-refractivity contribution in [1.29, 1.82) is 0 Å². The fraction of sp³-hybridized carbons (Fsp3) is 0.460. The van der Waals surface area contributed by atoms with Crippen LogP contribution in [-0.4, -0.2) is 82.8 Å². The minimum Gasteiger partial charge on any atom is -0.616 e. The molecule has 3 fully saturated rings. The molecule has 3 saturated heterocycles. The summed E-state index contributed by atoms with van der Waals surface area (Å²) < 4.78 is 28.5. The van der Waals surface area contributed by atoms with Crippen molar-refractivity contribution in [3.8, 4) is 11.5 Å². The molecule has 0 saturated carbocycles. The van der Waals surface area contributed by atoms with Crippen LogP contribution in [0.25, 0.3) is 0 Å². The van der Waals surface area contributed by atoms with Gasteiger partial charge in [-0.15, -0.1) is 16.7 Å². The Balaban J connectivity index is 0.000000235. The number of carbonyl (C=O) groups is 3. The lowest BCUT2D eigenvalue weighted by molar-refractivity contribution is -0.175. The van der Waals surface area contributed by atoms with Crippen molar-refractivity contribution >= 4 is 40.7 Å². The number of carbonyl (C=O) groups excluding carboxylic acids is 3. The van der Waals surface area contributed by atoms with Gasteiger partial charge in [0.1, 0.15) is 34.1 Å². The highest BCUT2D eigenvalue weighted by Crippen LogP contribution is 2.55. The molecule has 0 aliphatic carbocycles. The predicted octanol–water partition coefficient (Wildman–Crippen LogP) is 9.51. The number of ether oxygens (including phenoxy) is 3. The Morgan fingerprint density at radius 2 is 1.44 bits per heavy atom. The Hall–Kier alpha value is -5.05. The number of hydrogen-bond donors (Lipinski definition) is 0. The summed E-state index contributed by atoms with van der Waals surface area (Å²) >= 11 is 0.720. The molecule has 4 heterocycles. The zero-order chi connectivity index (χ0) is 45.6. The molecule has 0 N–H and O–H groups in total. The van der Waals surface area contributed by atoms with Crippen LogP contribution < -0.4 is 9.47 Å². The fourth-order valence-corrected chi connectivity index (χ4v) is 12.1. The average Bonchev–Trinajstić information content (AvgIpc) is 3.92. The Morgan fingerprint density at radius 1 is 0.844 bits per heavy atom. The van der Waals surface area contributed by atoms with Gasteiger partial charge in [0.2, 0.25) is 12.7 Å². The lowest BCUT2D eigenvalue weighted by Crippen LogP contribution is -2.73.